The Morgan fingerprint density at radius 2 is 1.94 bits per heavy atom. The quantitative estimate of drug-likeness (QED) is 0.111. The Morgan fingerprint density at radius 1 is 1.17 bits per heavy atom. The number of nitrogens with one attached hydrogen (secondary N) is 1. The highest BCUT2D eigenvalue weighted by Crippen LogP contribution is 2.60. The van der Waals surface area contributed by atoms with E-state index in [1.807, 2.05) is 31.2 Å². The first-order chi connectivity index (χ1) is 22.4. The fourth-order valence-corrected chi connectivity index (χ4v) is 9.87. The summed E-state index contributed by atoms with van der Waals surface area (Å²) < 4.78 is 24.7. The van der Waals surface area contributed by atoms with Crippen molar-refractivity contribution in [2.24, 2.45) is 5.92 Å². The molecular weight excluding hydrogens is 639 g/mol. The first-order valence-electron chi connectivity index (χ1n) is 15.6. The van der Waals surface area contributed by atoms with Gasteiger partial charge in [-0.2, -0.15) is 0 Å². The first kappa shape index (κ1) is 32.8. The molecule has 0 bridgehead atoms. The summed E-state index contributed by atoms with van der Waals surface area (Å²) in [5.74, 6) is -1.02. The van der Waals surface area contributed by atoms with Crippen LogP contribution < -0.4 is 16.0 Å². The lowest BCUT2D eigenvalue weighted by Gasteiger charge is -2.31. The van der Waals surface area contributed by atoms with Gasteiger partial charge in [0.1, 0.15) is 0 Å². The zero-order chi connectivity index (χ0) is 33.5. The minimum Gasteiger partial charge on any atom is -0.399 e. The minimum atomic E-state index is -3.36. The predicted molar refractivity (Wildman–Crippen MR) is 181 cm³/mol. The number of benzene rings is 3. The number of aliphatic hydroxyl groups is 1. The molecule has 0 radical (unpaired) electrons. The number of aryl methyl sites for hydroxylation is 1. The van der Waals surface area contributed by atoms with Crippen molar-refractivity contribution >= 4 is 48.9 Å². The van der Waals surface area contributed by atoms with Gasteiger partial charge in [0.2, 0.25) is 8.41 Å². The van der Waals surface area contributed by atoms with E-state index in [9.17, 15) is 14.7 Å². The Morgan fingerprint density at radius 3 is 2.66 bits per heavy atom. The van der Waals surface area contributed by atoms with Gasteiger partial charge in [-0.25, -0.2) is 0 Å². The van der Waals surface area contributed by atoms with Gasteiger partial charge in [0, 0.05) is 64.8 Å². The van der Waals surface area contributed by atoms with Crippen molar-refractivity contribution in [3.63, 3.8) is 0 Å². The highest BCUT2D eigenvalue weighted by Gasteiger charge is 2.66. The van der Waals surface area contributed by atoms with E-state index in [0.29, 0.717) is 58.3 Å². The van der Waals surface area contributed by atoms with Gasteiger partial charge in [-0.05, 0) is 79.7 Å². The summed E-state index contributed by atoms with van der Waals surface area (Å²) in [6.45, 7) is 5.83. The van der Waals surface area contributed by atoms with E-state index in [0.717, 1.165) is 5.56 Å². The van der Waals surface area contributed by atoms with Crippen LogP contribution in [0, 0.1) is 5.92 Å². The number of halogens is 2. The molecule has 3 heterocycles. The molecule has 2 aliphatic heterocycles. The Balaban J connectivity index is 1.28. The number of carbonyl (C=O) groups excluding carboxylic acids is 2. The third-order valence-corrected chi connectivity index (χ3v) is 11.9. The average molecular weight is 677 g/mol. The average Bonchev–Trinajstić information content (AvgIpc) is 3.66. The predicted octanol–water partition coefficient (Wildman–Crippen LogP) is 5.71. The fourth-order valence-electron chi connectivity index (χ4n) is 7.15. The lowest BCUT2D eigenvalue weighted by atomic mass is 9.82. The maximum atomic E-state index is 16.2. The van der Waals surface area contributed by atoms with Crippen LogP contribution in [0.5, 0.6) is 0 Å². The van der Waals surface area contributed by atoms with Crippen molar-refractivity contribution in [3.05, 3.63) is 100 Å². The Labute approximate surface area is 278 Å². The maximum absolute atomic E-state index is 16.2. The molecule has 1 spiro atoms. The first-order valence-corrected chi connectivity index (χ1v) is 19.0. The van der Waals surface area contributed by atoms with Crippen molar-refractivity contribution in [1.82, 2.24) is 15.0 Å². The van der Waals surface area contributed by atoms with Gasteiger partial charge < -0.3 is 29.9 Å². The van der Waals surface area contributed by atoms with Gasteiger partial charge >= 0.3 is 0 Å². The molecule has 3 aromatic carbocycles. The fraction of sp³-hybridized carbons (Fsp3) is 0.353. The smallest absolute Gasteiger partial charge is 0.264 e. The number of anilines is 3. The molecule has 2 aliphatic rings. The van der Waals surface area contributed by atoms with E-state index in [1.165, 1.54) is 0 Å². The van der Waals surface area contributed by atoms with E-state index in [4.69, 9.17) is 22.1 Å². The van der Waals surface area contributed by atoms with Crippen LogP contribution in [-0.2, 0) is 34.6 Å². The third kappa shape index (κ3) is 6.30. The normalized spacial score (nSPS) is 22.2. The number of hydrogen-bond acceptors (Lipinski definition) is 7. The van der Waals surface area contributed by atoms with Gasteiger partial charge in [0.05, 0.1) is 24.0 Å². The standard InChI is InChI=1S/C34H38ClFN6O4Si/c1-21-31(47(2,3)36)30(13-15-41-20-27(14-16-43)39-40-41)46-34(21)28-18-24(35)9-12-29(28)42(33(34)45)19-22-5-4-6-26(17-22)38-32(44)23-7-10-25(37)11-8-23/h4-12,17-18,20-21,30-31,43H,13-16,19,37H2,1-3H3,(H,38,44)/t21-,30+,31-,34+/m1/s1. The summed E-state index contributed by atoms with van der Waals surface area (Å²) in [7, 11) is -3.36. The molecule has 4 atom stereocenters. The summed E-state index contributed by atoms with van der Waals surface area (Å²) in [5.41, 5.74) is 8.21. The molecule has 0 aliphatic carbocycles. The van der Waals surface area contributed by atoms with Gasteiger partial charge in [-0.1, -0.05) is 35.9 Å². The van der Waals surface area contributed by atoms with Crippen LogP contribution in [0.3, 0.4) is 0 Å². The molecular formula is C34H38ClFN6O4Si. The zero-order valence-corrected chi connectivity index (χ0v) is 28.2. The monoisotopic (exact) mass is 676 g/mol. The van der Waals surface area contributed by atoms with Crippen LogP contribution in [-0.4, -0.2) is 53.0 Å². The molecule has 1 fully saturated rings. The summed E-state index contributed by atoms with van der Waals surface area (Å²) >= 11 is 6.51. The summed E-state index contributed by atoms with van der Waals surface area (Å²) in [4.78, 5) is 29.2. The molecule has 0 saturated carbocycles. The minimum absolute atomic E-state index is 0.0304. The number of rotatable bonds is 10. The molecule has 47 heavy (non-hydrogen) atoms. The molecule has 4 N–H and O–H groups in total. The zero-order valence-electron chi connectivity index (χ0n) is 26.5. The molecule has 1 aromatic heterocycles. The molecule has 246 valence electrons. The molecule has 0 unspecified atom stereocenters. The molecule has 1 saturated heterocycles. The topological polar surface area (TPSA) is 136 Å². The SMILES string of the molecule is C[C@@H]1[C@@H]([Si](C)(C)F)[C@H](CCn2cc(CCO)nn2)O[C@@]12C(=O)N(Cc1cccc(NC(=O)c3ccc(N)cc3)c1)c1ccc(Cl)cc12. The number of hydrogen-bond donors (Lipinski definition) is 3. The van der Waals surface area contributed by atoms with Crippen LogP contribution in [0.15, 0.2) is 72.9 Å². The van der Waals surface area contributed by atoms with Gasteiger partial charge in [-0.15, -0.1) is 5.10 Å². The van der Waals surface area contributed by atoms with Crippen LogP contribution in [0.4, 0.5) is 21.2 Å². The number of nitrogens with zero attached hydrogens (tertiary/aromatic N) is 4. The van der Waals surface area contributed by atoms with Crippen LogP contribution in [0.2, 0.25) is 23.7 Å². The summed E-state index contributed by atoms with van der Waals surface area (Å²) in [6.07, 6.45) is 2.04. The molecule has 13 heteroatoms. The van der Waals surface area contributed by atoms with E-state index >= 15 is 4.11 Å². The number of carbonyl (C=O) groups is 2. The largest absolute Gasteiger partial charge is 0.399 e. The lowest BCUT2D eigenvalue weighted by Crippen LogP contribution is -2.45. The highest BCUT2D eigenvalue weighted by atomic mass is 35.5. The second-order valence-electron chi connectivity index (χ2n) is 12.8. The van der Waals surface area contributed by atoms with Gasteiger partial charge in [0.15, 0.2) is 5.60 Å². The Bertz CT molecular complexity index is 1800. The summed E-state index contributed by atoms with van der Waals surface area (Å²) in [5, 5.41) is 20.9. The number of aromatic nitrogens is 3. The number of aliphatic hydroxyl groups excluding tert-OH is 1. The lowest BCUT2D eigenvalue weighted by molar-refractivity contribution is -0.146. The molecule has 6 rings (SSSR count). The van der Waals surface area contributed by atoms with E-state index in [2.05, 4.69) is 15.6 Å². The van der Waals surface area contributed by atoms with Crippen molar-refractivity contribution < 1.29 is 23.5 Å². The Hall–Kier alpha value is -4.10. The van der Waals surface area contributed by atoms with Gasteiger partial charge in [-0.3, -0.25) is 14.3 Å². The van der Waals surface area contributed by atoms with E-state index in [-0.39, 0.29) is 25.0 Å². The summed E-state index contributed by atoms with van der Waals surface area (Å²) in [6, 6.07) is 19.3. The van der Waals surface area contributed by atoms with Crippen LogP contribution >= 0.6 is 11.6 Å². The molecule has 4 aromatic rings. The second-order valence-corrected chi connectivity index (χ2v) is 17.1. The van der Waals surface area contributed by atoms with E-state index < -0.39 is 31.6 Å². The number of nitrogens with two attached hydrogens (primary N) is 1. The maximum Gasteiger partial charge on any atom is 0.264 e. The van der Waals surface area contributed by atoms with E-state index in [1.54, 1.807) is 71.3 Å². The number of ether oxygens (including phenoxy) is 1. The number of nitrogen functional groups attached to an aromatic ring is 1. The molecule has 2 amide bonds. The van der Waals surface area contributed by atoms with Crippen molar-refractivity contribution in [3.8, 4) is 0 Å². The number of amides is 2. The highest BCUT2D eigenvalue weighted by molar-refractivity contribution is 6.72. The Kier molecular flexibility index (Phi) is 8.96. The van der Waals surface area contributed by atoms with Crippen molar-refractivity contribution in [2.45, 2.75) is 63.2 Å². The molecule has 10 nitrogen and oxygen atoms in total. The van der Waals surface area contributed by atoms with Crippen molar-refractivity contribution in [1.29, 1.82) is 0 Å². The second kappa shape index (κ2) is 12.8. The van der Waals surface area contributed by atoms with Crippen LogP contribution in [0.1, 0.15) is 40.5 Å². The van der Waals surface area contributed by atoms with Gasteiger partial charge in [0.25, 0.3) is 11.8 Å². The number of fused-ring (bicyclic) bond motifs is 2. The van der Waals surface area contributed by atoms with Crippen LogP contribution in [0.25, 0.3) is 0 Å². The third-order valence-electron chi connectivity index (χ3n) is 9.22. The van der Waals surface area contributed by atoms with Crippen molar-refractivity contribution in [2.75, 3.05) is 22.6 Å².